The Balaban J connectivity index is 2.19. The largest absolute Gasteiger partial charge is 0.379 e. The van der Waals surface area contributed by atoms with E-state index in [1.54, 1.807) is 6.07 Å². The predicted molar refractivity (Wildman–Crippen MR) is 85.0 cm³/mol. The summed E-state index contributed by atoms with van der Waals surface area (Å²) in [5.41, 5.74) is 2.25. The van der Waals surface area contributed by atoms with E-state index in [1.807, 2.05) is 6.07 Å². The van der Waals surface area contributed by atoms with Crippen LogP contribution < -0.4 is 0 Å². The molecule has 118 valence electrons. The number of benzene rings is 1. The van der Waals surface area contributed by atoms with Gasteiger partial charge in [-0.3, -0.25) is 4.90 Å². The van der Waals surface area contributed by atoms with Crippen LogP contribution in [-0.4, -0.2) is 31.2 Å². The Morgan fingerprint density at radius 1 is 1.24 bits per heavy atom. The van der Waals surface area contributed by atoms with Crippen molar-refractivity contribution in [2.75, 3.05) is 26.3 Å². The fourth-order valence-electron chi connectivity index (χ4n) is 3.15. The van der Waals surface area contributed by atoms with Crippen LogP contribution in [0.15, 0.2) is 18.2 Å². The molecule has 0 saturated carbocycles. The van der Waals surface area contributed by atoms with Gasteiger partial charge in [0.25, 0.3) is 0 Å². The third kappa shape index (κ3) is 4.04. The van der Waals surface area contributed by atoms with Crippen molar-refractivity contribution in [3.63, 3.8) is 0 Å². The first kappa shape index (κ1) is 16.4. The molecule has 0 N–H and O–H groups in total. The highest BCUT2D eigenvalue weighted by molar-refractivity contribution is 5.31. The van der Waals surface area contributed by atoms with Crippen LogP contribution in [0.3, 0.4) is 0 Å². The molecule has 21 heavy (non-hydrogen) atoms. The minimum atomic E-state index is -0.0832. The molecule has 1 unspecified atom stereocenters. The van der Waals surface area contributed by atoms with Gasteiger partial charge >= 0.3 is 0 Å². The molecule has 2 nitrogen and oxygen atoms in total. The molecule has 0 amide bonds. The van der Waals surface area contributed by atoms with Crippen LogP contribution in [0.5, 0.6) is 0 Å². The van der Waals surface area contributed by atoms with Crippen molar-refractivity contribution in [1.82, 2.24) is 4.90 Å². The summed E-state index contributed by atoms with van der Waals surface area (Å²) in [5.74, 6) is -0.0832. The van der Waals surface area contributed by atoms with Gasteiger partial charge in [-0.2, -0.15) is 0 Å². The molecule has 1 aliphatic heterocycles. The van der Waals surface area contributed by atoms with E-state index >= 15 is 0 Å². The van der Waals surface area contributed by atoms with E-state index in [4.69, 9.17) is 4.74 Å². The fourth-order valence-corrected chi connectivity index (χ4v) is 3.15. The average molecular weight is 293 g/mol. The van der Waals surface area contributed by atoms with E-state index < -0.39 is 0 Å². The highest BCUT2D eigenvalue weighted by Crippen LogP contribution is 2.33. The standard InChI is InChI=1S/C18H28FNO/c1-4-8-18(3,5-2)16-6-7-17(19)15(13-16)14-20-9-11-21-12-10-20/h6-7,13H,4-5,8-12,14H2,1-3H3. The molecule has 0 radical (unpaired) electrons. The molecular formula is C18H28FNO. The van der Waals surface area contributed by atoms with E-state index in [9.17, 15) is 4.39 Å². The van der Waals surface area contributed by atoms with Crippen molar-refractivity contribution in [2.45, 2.75) is 52.0 Å². The van der Waals surface area contributed by atoms with Crippen LogP contribution in [0.2, 0.25) is 0 Å². The van der Waals surface area contributed by atoms with Crippen LogP contribution in [0.4, 0.5) is 4.39 Å². The van der Waals surface area contributed by atoms with Crippen LogP contribution in [-0.2, 0) is 16.7 Å². The Morgan fingerprint density at radius 3 is 2.57 bits per heavy atom. The zero-order valence-electron chi connectivity index (χ0n) is 13.6. The van der Waals surface area contributed by atoms with Gasteiger partial charge in [-0.1, -0.05) is 39.3 Å². The maximum Gasteiger partial charge on any atom is 0.127 e. The van der Waals surface area contributed by atoms with E-state index in [1.165, 1.54) is 5.56 Å². The van der Waals surface area contributed by atoms with Crippen LogP contribution in [0.1, 0.15) is 51.2 Å². The number of halogens is 1. The lowest BCUT2D eigenvalue weighted by molar-refractivity contribution is 0.0337. The molecule has 1 aliphatic rings. The molecule has 1 atom stereocenters. The Labute approximate surface area is 128 Å². The van der Waals surface area contributed by atoms with Crippen molar-refractivity contribution in [1.29, 1.82) is 0 Å². The summed E-state index contributed by atoms with van der Waals surface area (Å²) in [7, 11) is 0. The molecule has 0 aromatic heterocycles. The summed E-state index contributed by atoms with van der Waals surface area (Å²) in [6.45, 7) is 10.7. The molecule has 2 rings (SSSR count). The summed E-state index contributed by atoms with van der Waals surface area (Å²) in [5, 5.41) is 0. The third-order valence-corrected chi connectivity index (χ3v) is 4.82. The topological polar surface area (TPSA) is 12.5 Å². The average Bonchev–Trinajstić information content (AvgIpc) is 2.50. The highest BCUT2D eigenvalue weighted by atomic mass is 19.1. The zero-order chi connectivity index (χ0) is 15.3. The van der Waals surface area contributed by atoms with E-state index in [-0.39, 0.29) is 11.2 Å². The molecule has 0 bridgehead atoms. The lowest BCUT2D eigenvalue weighted by Crippen LogP contribution is -2.36. The zero-order valence-corrected chi connectivity index (χ0v) is 13.6. The van der Waals surface area contributed by atoms with Crippen LogP contribution in [0.25, 0.3) is 0 Å². The second-order valence-electron chi connectivity index (χ2n) is 6.36. The van der Waals surface area contributed by atoms with Crippen molar-refractivity contribution in [3.05, 3.63) is 35.1 Å². The number of hydrogen-bond donors (Lipinski definition) is 0. The van der Waals surface area contributed by atoms with Gasteiger partial charge in [0.2, 0.25) is 0 Å². The maximum absolute atomic E-state index is 14.1. The smallest absolute Gasteiger partial charge is 0.127 e. The SMILES string of the molecule is CCCC(C)(CC)c1ccc(F)c(CN2CCOCC2)c1. The van der Waals surface area contributed by atoms with Gasteiger partial charge < -0.3 is 4.74 Å². The highest BCUT2D eigenvalue weighted by Gasteiger charge is 2.24. The van der Waals surface area contributed by atoms with E-state index in [2.05, 4.69) is 31.7 Å². The first-order valence-electron chi connectivity index (χ1n) is 8.18. The molecule has 3 heteroatoms. The lowest BCUT2D eigenvalue weighted by atomic mass is 9.76. The predicted octanol–water partition coefficient (Wildman–Crippen LogP) is 4.13. The van der Waals surface area contributed by atoms with Gasteiger partial charge in [0, 0.05) is 25.2 Å². The Kier molecular flexibility index (Phi) is 5.77. The molecule has 1 saturated heterocycles. The molecule has 1 heterocycles. The minimum Gasteiger partial charge on any atom is -0.379 e. The van der Waals surface area contributed by atoms with Gasteiger partial charge in [-0.05, 0) is 29.9 Å². The molecular weight excluding hydrogens is 265 g/mol. The second kappa shape index (κ2) is 7.37. The second-order valence-corrected chi connectivity index (χ2v) is 6.36. The number of hydrogen-bond acceptors (Lipinski definition) is 2. The Bertz CT molecular complexity index is 457. The maximum atomic E-state index is 14.1. The molecule has 1 fully saturated rings. The van der Waals surface area contributed by atoms with Gasteiger partial charge in [0.1, 0.15) is 5.82 Å². The van der Waals surface area contributed by atoms with E-state index in [0.717, 1.165) is 51.1 Å². The summed E-state index contributed by atoms with van der Waals surface area (Å²) < 4.78 is 19.5. The number of ether oxygens (including phenoxy) is 1. The van der Waals surface area contributed by atoms with Crippen molar-refractivity contribution in [2.24, 2.45) is 0 Å². The molecule has 1 aromatic carbocycles. The first-order valence-corrected chi connectivity index (χ1v) is 8.18. The van der Waals surface area contributed by atoms with Crippen molar-refractivity contribution in [3.8, 4) is 0 Å². The monoisotopic (exact) mass is 293 g/mol. The van der Waals surface area contributed by atoms with Crippen LogP contribution >= 0.6 is 0 Å². The first-order chi connectivity index (χ1) is 10.1. The lowest BCUT2D eigenvalue weighted by Gasteiger charge is -2.30. The minimum absolute atomic E-state index is 0.0832. The molecule has 0 spiro atoms. The Morgan fingerprint density at radius 2 is 1.95 bits per heavy atom. The number of morpholine rings is 1. The van der Waals surface area contributed by atoms with Crippen LogP contribution in [0, 0.1) is 5.82 Å². The summed E-state index contributed by atoms with van der Waals surface area (Å²) in [6.07, 6.45) is 3.39. The number of rotatable bonds is 6. The summed E-state index contributed by atoms with van der Waals surface area (Å²) >= 11 is 0. The normalized spacial score (nSPS) is 19.4. The summed E-state index contributed by atoms with van der Waals surface area (Å²) in [6, 6.07) is 5.70. The summed E-state index contributed by atoms with van der Waals surface area (Å²) in [4.78, 5) is 2.27. The van der Waals surface area contributed by atoms with Gasteiger partial charge in [-0.25, -0.2) is 4.39 Å². The third-order valence-electron chi connectivity index (χ3n) is 4.82. The van der Waals surface area contributed by atoms with Crippen molar-refractivity contribution >= 4 is 0 Å². The van der Waals surface area contributed by atoms with Gasteiger partial charge in [0.15, 0.2) is 0 Å². The molecule has 1 aromatic rings. The van der Waals surface area contributed by atoms with Gasteiger partial charge in [0.05, 0.1) is 13.2 Å². The van der Waals surface area contributed by atoms with E-state index in [0.29, 0.717) is 6.54 Å². The van der Waals surface area contributed by atoms with Gasteiger partial charge in [-0.15, -0.1) is 0 Å². The quantitative estimate of drug-likeness (QED) is 0.782. The Hall–Kier alpha value is -0.930. The van der Waals surface area contributed by atoms with Crippen molar-refractivity contribution < 1.29 is 9.13 Å². The molecule has 0 aliphatic carbocycles. The fraction of sp³-hybridized carbons (Fsp3) is 0.667. The number of nitrogens with zero attached hydrogens (tertiary/aromatic N) is 1.